The maximum Gasteiger partial charge on any atom is 0.344 e. The summed E-state index contributed by atoms with van der Waals surface area (Å²) < 4.78 is 10.7. The molecule has 1 aliphatic heterocycles. The molecule has 0 aliphatic carbocycles. The Hall–Kier alpha value is -4.04. The van der Waals surface area contributed by atoms with Gasteiger partial charge in [-0.25, -0.2) is 4.79 Å². The molecule has 9 heteroatoms. The zero-order valence-corrected chi connectivity index (χ0v) is 24.1. The van der Waals surface area contributed by atoms with Gasteiger partial charge in [0.2, 0.25) is 5.91 Å². The second-order valence-corrected chi connectivity index (χ2v) is 10.3. The van der Waals surface area contributed by atoms with Crippen LogP contribution in [-0.4, -0.2) is 51.1 Å². The van der Waals surface area contributed by atoms with E-state index in [1.165, 1.54) is 6.92 Å². The Morgan fingerprint density at radius 1 is 0.975 bits per heavy atom. The van der Waals surface area contributed by atoms with Crippen LogP contribution in [0.1, 0.15) is 49.2 Å². The molecular formula is C31H34ClN3O5. The smallest absolute Gasteiger partial charge is 0.344 e. The summed E-state index contributed by atoms with van der Waals surface area (Å²) in [6.45, 7) is 5.23. The number of carbonyl (C=O) groups is 3. The molecule has 0 unspecified atom stereocenters. The van der Waals surface area contributed by atoms with E-state index in [9.17, 15) is 14.4 Å². The maximum absolute atomic E-state index is 13.9. The summed E-state index contributed by atoms with van der Waals surface area (Å²) in [5, 5.41) is 0.574. The molecule has 3 aromatic carbocycles. The molecule has 2 atom stereocenters. The Bertz CT molecular complexity index is 1370. The zero-order chi connectivity index (χ0) is 29.0. The average molecular weight is 564 g/mol. The number of rotatable bonds is 8. The summed E-state index contributed by atoms with van der Waals surface area (Å²) >= 11 is 6.12. The van der Waals surface area contributed by atoms with E-state index in [4.69, 9.17) is 21.1 Å². The van der Waals surface area contributed by atoms with Gasteiger partial charge in [-0.05, 0) is 80.4 Å². The summed E-state index contributed by atoms with van der Waals surface area (Å²) in [5.41, 5.74) is 3.65. The predicted molar refractivity (Wildman–Crippen MR) is 158 cm³/mol. The third-order valence-corrected chi connectivity index (χ3v) is 7.14. The number of carbonyl (C=O) groups excluding carboxylic acids is 3. The van der Waals surface area contributed by atoms with E-state index < -0.39 is 5.97 Å². The molecule has 1 aliphatic rings. The fourth-order valence-electron chi connectivity index (χ4n) is 5.02. The quantitative estimate of drug-likeness (QED) is 0.318. The molecule has 0 N–H and O–H groups in total. The first-order chi connectivity index (χ1) is 19.1. The molecule has 1 heterocycles. The van der Waals surface area contributed by atoms with Gasteiger partial charge in [-0.2, -0.15) is 0 Å². The third-order valence-electron chi connectivity index (χ3n) is 6.89. The van der Waals surface area contributed by atoms with Crippen LogP contribution in [0, 0.1) is 0 Å². The van der Waals surface area contributed by atoms with E-state index in [0.717, 1.165) is 11.3 Å². The molecule has 0 saturated heterocycles. The summed E-state index contributed by atoms with van der Waals surface area (Å²) in [4.78, 5) is 44.3. The van der Waals surface area contributed by atoms with Crippen molar-refractivity contribution in [1.82, 2.24) is 0 Å². The first-order valence-corrected chi connectivity index (χ1v) is 13.6. The Kier molecular flexibility index (Phi) is 9.00. The molecule has 210 valence electrons. The Labute approximate surface area is 240 Å². The van der Waals surface area contributed by atoms with Gasteiger partial charge >= 0.3 is 5.97 Å². The van der Waals surface area contributed by atoms with Gasteiger partial charge in [0.05, 0.1) is 18.3 Å². The van der Waals surface area contributed by atoms with Crippen molar-refractivity contribution < 1.29 is 23.9 Å². The average Bonchev–Trinajstić information content (AvgIpc) is 2.92. The largest absolute Gasteiger partial charge is 0.482 e. The molecule has 3 aromatic rings. The first-order valence-electron chi connectivity index (χ1n) is 13.2. The van der Waals surface area contributed by atoms with Crippen molar-refractivity contribution in [2.75, 3.05) is 42.0 Å². The van der Waals surface area contributed by atoms with Crippen molar-refractivity contribution in [2.24, 2.45) is 0 Å². The van der Waals surface area contributed by atoms with Crippen LogP contribution >= 0.6 is 11.6 Å². The van der Waals surface area contributed by atoms with E-state index in [1.54, 1.807) is 41.0 Å². The second-order valence-electron chi connectivity index (χ2n) is 9.90. The van der Waals surface area contributed by atoms with Crippen LogP contribution in [0.3, 0.4) is 0 Å². The number of esters is 1. The molecule has 8 nitrogen and oxygen atoms in total. The second kappa shape index (κ2) is 12.4. The number of ether oxygens (including phenoxy) is 2. The van der Waals surface area contributed by atoms with Gasteiger partial charge in [0.15, 0.2) is 6.61 Å². The first kappa shape index (κ1) is 29.0. The molecule has 0 aromatic heterocycles. The third kappa shape index (κ3) is 6.23. The Balaban J connectivity index is 1.77. The van der Waals surface area contributed by atoms with Crippen molar-refractivity contribution in [3.8, 4) is 5.75 Å². The van der Waals surface area contributed by atoms with Crippen LogP contribution < -0.4 is 19.4 Å². The van der Waals surface area contributed by atoms with Crippen LogP contribution in [-0.2, 0) is 14.3 Å². The molecule has 0 bridgehead atoms. The number of hydrogen-bond acceptors (Lipinski definition) is 6. The van der Waals surface area contributed by atoms with Crippen LogP contribution in [0.15, 0.2) is 66.7 Å². The summed E-state index contributed by atoms with van der Waals surface area (Å²) in [6.07, 6.45) is 0.514. The lowest BCUT2D eigenvalue weighted by atomic mass is 9.89. The SMILES string of the molecule is CCOC(=O)COc1ccc2c(c1)N(C(=O)c1ccc(N(C)C)cc1)[C@H](C)C[C@@H]2N(C(C)=O)c1ccc(Cl)cc1. The molecular weight excluding hydrogens is 530 g/mol. The summed E-state index contributed by atoms with van der Waals surface area (Å²) in [5.74, 6) is -0.361. The van der Waals surface area contributed by atoms with Gasteiger partial charge in [0, 0.05) is 55.1 Å². The predicted octanol–water partition coefficient (Wildman–Crippen LogP) is 5.88. The zero-order valence-electron chi connectivity index (χ0n) is 23.4. The standard InChI is InChI=1S/C31H34ClN3O5/c1-6-39-30(37)19-40-26-15-16-27-28(35(21(3)36)25-13-9-23(32)10-14-25)17-20(2)34(29(27)18-26)31(38)22-7-11-24(12-8-22)33(4)5/h7-16,18,20,28H,6,17,19H2,1-5H3/t20-,28+/m1/s1. The van der Waals surface area contributed by atoms with Crippen LogP contribution in [0.25, 0.3) is 0 Å². The lowest BCUT2D eigenvalue weighted by Crippen LogP contribution is -2.47. The molecule has 40 heavy (non-hydrogen) atoms. The van der Waals surface area contributed by atoms with Crippen LogP contribution in [0.5, 0.6) is 5.75 Å². The van der Waals surface area contributed by atoms with Crippen molar-refractivity contribution in [1.29, 1.82) is 0 Å². The molecule has 0 saturated carbocycles. The molecule has 0 spiro atoms. The molecule has 4 rings (SSSR count). The van der Waals surface area contributed by atoms with E-state index in [-0.39, 0.29) is 37.1 Å². The Morgan fingerprint density at radius 2 is 1.62 bits per heavy atom. The van der Waals surface area contributed by atoms with Crippen molar-refractivity contribution in [3.63, 3.8) is 0 Å². The number of amides is 2. The minimum atomic E-state index is -0.481. The number of benzene rings is 3. The normalized spacial score (nSPS) is 16.1. The van der Waals surface area contributed by atoms with Crippen molar-refractivity contribution in [3.05, 3.63) is 82.9 Å². The van der Waals surface area contributed by atoms with E-state index in [1.807, 2.05) is 68.4 Å². The number of halogens is 1. The van der Waals surface area contributed by atoms with Gasteiger partial charge in [-0.3, -0.25) is 9.59 Å². The Morgan fingerprint density at radius 3 is 2.23 bits per heavy atom. The number of fused-ring (bicyclic) bond motifs is 1. The number of anilines is 3. The van der Waals surface area contributed by atoms with Gasteiger partial charge in [-0.1, -0.05) is 17.7 Å². The highest BCUT2D eigenvalue weighted by Crippen LogP contribution is 2.44. The number of nitrogens with zero attached hydrogens (tertiary/aromatic N) is 3. The monoisotopic (exact) mass is 563 g/mol. The molecule has 2 amide bonds. The lowest BCUT2D eigenvalue weighted by Gasteiger charge is -2.43. The van der Waals surface area contributed by atoms with E-state index in [0.29, 0.717) is 34.1 Å². The van der Waals surface area contributed by atoms with Gasteiger partial charge in [0.1, 0.15) is 5.75 Å². The van der Waals surface area contributed by atoms with Gasteiger partial charge < -0.3 is 24.2 Å². The molecule has 0 radical (unpaired) electrons. The van der Waals surface area contributed by atoms with Gasteiger partial charge in [0.25, 0.3) is 5.91 Å². The van der Waals surface area contributed by atoms with Crippen molar-refractivity contribution >= 4 is 46.4 Å². The van der Waals surface area contributed by atoms with Crippen LogP contribution in [0.2, 0.25) is 5.02 Å². The van der Waals surface area contributed by atoms with Gasteiger partial charge in [-0.15, -0.1) is 0 Å². The van der Waals surface area contributed by atoms with E-state index in [2.05, 4.69) is 0 Å². The molecule has 0 fully saturated rings. The minimum absolute atomic E-state index is 0.132. The fourth-order valence-corrected chi connectivity index (χ4v) is 5.15. The highest BCUT2D eigenvalue weighted by atomic mass is 35.5. The lowest BCUT2D eigenvalue weighted by molar-refractivity contribution is -0.145. The number of hydrogen-bond donors (Lipinski definition) is 0. The van der Waals surface area contributed by atoms with Crippen LogP contribution in [0.4, 0.5) is 17.1 Å². The topological polar surface area (TPSA) is 79.4 Å². The summed E-state index contributed by atoms with van der Waals surface area (Å²) in [6, 6.07) is 19.3. The van der Waals surface area contributed by atoms with Crippen molar-refractivity contribution in [2.45, 2.75) is 39.3 Å². The summed E-state index contributed by atoms with van der Waals surface area (Å²) in [7, 11) is 3.89. The highest BCUT2D eigenvalue weighted by molar-refractivity contribution is 6.30. The minimum Gasteiger partial charge on any atom is -0.482 e. The van der Waals surface area contributed by atoms with E-state index >= 15 is 0 Å². The maximum atomic E-state index is 13.9. The highest BCUT2D eigenvalue weighted by Gasteiger charge is 2.38. The fraction of sp³-hybridized carbons (Fsp3) is 0.323.